The molecular weight excluding hydrogens is 384 g/mol. The van der Waals surface area contributed by atoms with Crippen molar-refractivity contribution in [2.75, 3.05) is 5.32 Å². The van der Waals surface area contributed by atoms with Crippen LogP contribution in [0.25, 0.3) is 10.2 Å². The molecule has 4 rings (SSSR count). The molecule has 0 unspecified atom stereocenters. The second-order valence-electron chi connectivity index (χ2n) is 5.95. The topological polar surface area (TPSA) is 80.9 Å². The van der Waals surface area contributed by atoms with E-state index in [-0.39, 0.29) is 12.3 Å². The number of hydrogen-bond acceptors (Lipinski definition) is 6. The Kier molecular flexibility index (Phi) is 5.13. The van der Waals surface area contributed by atoms with Gasteiger partial charge in [0, 0.05) is 24.3 Å². The number of anilines is 1. The van der Waals surface area contributed by atoms with Gasteiger partial charge >= 0.3 is 0 Å². The minimum absolute atomic E-state index is 0.150. The van der Waals surface area contributed by atoms with Gasteiger partial charge in [0.2, 0.25) is 11.8 Å². The summed E-state index contributed by atoms with van der Waals surface area (Å²) in [6, 6.07) is 15.4. The lowest BCUT2D eigenvalue weighted by molar-refractivity contribution is -0.116. The van der Waals surface area contributed by atoms with E-state index < -0.39 is 0 Å². The van der Waals surface area contributed by atoms with E-state index >= 15 is 0 Å². The zero-order valence-electron chi connectivity index (χ0n) is 14.2. The lowest BCUT2D eigenvalue weighted by Gasteiger charge is -1.98. The molecule has 0 saturated heterocycles. The van der Waals surface area contributed by atoms with Crippen LogP contribution in [0.3, 0.4) is 0 Å². The number of benzene rings is 2. The summed E-state index contributed by atoms with van der Waals surface area (Å²) >= 11 is 7.36. The SMILES string of the molecule is O=C(CCc1nc(Cc2ccccc2)no1)Nc1nc2ccc(Cl)cc2s1. The van der Waals surface area contributed by atoms with Gasteiger partial charge in [-0.25, -0.2) is 4.98 Å². The van der Waals surface area contributed by atoms with E-state index in [0.717, 1.165) is 15.8 Å². The molecule has 1 amide bonds. The number of fused-ring (bicyclic) bond motifs is 1. The van der Waals surface area contributed by atoms with Crippen molar-refractivity contribution in [2.45, 2.75) is 19.3 Å². The Bertz CT molecular complexity index is 1080. The molecule has 27 heavy (non-hydrogen) atoms. The summed E-state index contributed by atoms with van der Waals surface area (Å²) in [5.74, 6) is 0.912. The van der Waals surface area contributed by atoms with Crippen LogP contribution in [-0.4, -0.2) is 21.0 Å². The molecule has 0 radical (unpaired) electrons. The average molecular weight is 399 g/mol. The van der Waals surface area contributed by atoms with Crippen molar-refractivity contribution in [2.24, 2.45) is 0 Å². The Morgan fingerprint density at radius 2 is 2.00 bits per heavy atom. The monoisotopic (exact) mass is 398 g/mol. The largest absolute Gasteiger partial charge is 0.339 e. The summed E-state index contributed by atoms with van der Waals surface area (Å²) in [5.41, 5.74) is 1.92. The van der Waals surface area contributed by atoms with Gasteiger partial charge in [-0.3, -0.25) is 4.79 Å². The van der Waals surface area contributed by atoms with Gasteiger partial charge in [0.25, 0.3) is 0 Å². The predicted octanol–water partition coefficient (Wildman–Crippen LogP) is 4.49. The van der Waals surface area contributed by atoms with E-state index in [1.807, 2.05) is 42.5 Å². The quantitative estimate of drug-likeness (QED) is 0.517. The third kappa shape index (κ3) is 4.50. The van der Waals surface area contributed by atoms with Crippen LogP contribution >= 0.6 is 22.9 Å². The van der Waals surface area contributed by atoms with Gasteiger partial charge in [-0.1, -0.05) is 58.4 Å². The molecule has 0 spiro atoms. The van der Waals surface area contributed by atoms with Gasteiger partial charge in [-0.05, 0) is 23.8 Å². The normalized spacial score (nSPS) is 11.0. The number of nitrogens with one attached hydrogen (secondary N) is 1. The van der Waals surface area contributed by atoms with Crippen molar-refractivity contribution in [1.29, 1.82) is 0 Å². The number of amides is 1. The number of halogens is 1. The highest BCUT2D eigenvalue weighted by molar-refractivity contribution is 7.22. The van der Waals surface area contributed by atoms with Crippen molar-refractivity contribution in [1.82, 2.24) is 15.1 Å². The fourth-order valence-electron chi connectivity index (χ4n) is 2.60. The number of thiazole rings is 1. The van der Waals surface area contributed by atoms with Gasteiger partial charge in [0.1, 0.15) is 0 Å². The summed E-state index contributed by atoms with van der Waals surface area (Å²) in [4.78, 5) is 20.9. The van der Waals surface area contributed by atoms with Gasteiger partial charge in [0.15, 0.2) is 11.0 Å². The molecule has 0 aliphatic heterocycles. The number of hydrogen-bond donors (Lipinski definition) is 1. The number of carbonyl (C=O) groups is 1. The van der Waals surface area contributed by atoms with Crippen molar-refractivity contribution in [3.8, 4) is 0 Å². The molecule has 0 bridgehead atoms. The van der Waals surface area contributed by atoms with Crippen LogP contribution in [0.4, 0.5) is 5.13 Å². The van der Waals surface area contributed by atoms with Gasteiger partial charge in [-0.2, -0.15) is 4.98 Å². The van der Waals surface area contributed by atoms with E-state index in [4.69, 9.17) is 16.1 Å². The molecule has 2 aromatic heterocycles. The average Bonchev–Trinajstić information content (AvgIpc) is 3.26. The second kappa shape index (κ2) is 7.85. The minimum atomic E-state index is -0.150. The molecule has 6 nitrogen and oxygen atoms in total. The van der Waals surface area contributed by atoms with Gasteiger partial charge in [0.05, 0.1) is 10.2 Å². The second-order valence-corrected chi connectivity index (χ2v) is 7.41. The summed E-state index contributed by atoms with van der Waals surface area (Å²) in [6.45, 7) is 0. The molecule has 8 heteroatoms. The van der Waals surface area contributed by atoms with Crippen LogP contribution in [0.15, 0.2) is 53.1 Å². The molecular formula is C19H15ClN4O2S. The molecule has 0 aliphatic carbocycles. The highest BCUT2D eigenvalue weighted by atomic mass is 35.5. The van der Waals surface area contributed by atoms with E-state index in [1.54, 1.807) is 6.07 Å². The first-order valence-electron chi connectivity index (χ1n) is 8.37. The standard InChI is InChI=1S/C19H15ClN4O2S/c20-13-6-7-14-15(11-13)27-19(21-14)23-17(25)8-9-18-22-16(24-26-18)10-12-4-2-1-3-5-12/h1-7,11H,8-10H2,(H,21,23,25). The lowest BCUT2D eigenvalue weighted by Crippen LogP contribution is -2.12. The Hall–Kier alpha value is -2.77. The van der Waals surface area contributed by atoms with Crippen LogP contribution in [0.2, 0.25) is 5.02 Å². The Morgan fingerprint density at radius 3 is 2.85 bits per heavy atom. The maximum absolute atomic E-state index is 12.2. The first-order chi connectivity index (χ1) is 13.2. The predicted molar refractivity (Wildman–Crippen MR) is 105 cm³/mol. The smallest absolute Gasteiger partial charge is 0.227 e. The first-order valence-corrected chi connectivity index (χ1v) is 9.56. The Labute approximate surface area is 164 Å². The maximum Gasteiger partial charge on any atom is 0.227 e. The molecule has 2 aromatic carbocycles. The molecule has 2 heterocycles. The first kappa shape index (κ1) is 17.6. The molecule has 0 saturated carbocycles. The third-order valence-corrected chi connectivity index (χ3v) is 5.05. The van der Waals surface area contributed by atoms with Crippen LogP contribution in [0, 0.1) is 0 Å². The summed E-state index contributed by atoms with van der Waals surface area (Å²) < 4.78 is 6.16. The highest BCUT2D eigenvalue weighted by Crippen LogP contribution is 2.28. The summed E-state index contributed by atoms with van der Waals surface area (Å²) in [7, 11) is 0. The van der Waals surface area contributed by atoms with E-state index in [2.05, 4.69) is 20.4 Å². The third-order valence-electron chi connectivity index (χ3n) is 3.88. The van der Waals surface area contributed by atoms with Crippen LogP contribution < -0.4 is 5.32 Å². The van der Waals surface area contributed by atoms with Crippen molar-refractivity contribution < 1.29 is 9.32 Å². The molecule has 0 aliphatic rings. The number of aryl methyl sites for hydroxylation is 1. The lowest BCUT2D eigenvalue weighted by atomic mass is 10.1. The molecule has 4 aromatic rings. The molecule has 1 N–H and O–H groups in total. The van der Waals surface area contributed by atoms with Crippen molar-refractivity contribution in [3.63, 3.8) is 0 Å². The summed E-state index contributed by atoms with van der Waals surface area (Å²) in [6.07, 6.45) is 1.22. The Balaban J connectivity index is 1.32. The fourth-order valence-corrected chi connectivity index (χ4v) is 3.75. The van der Waals surface area contributed by atoms with Crippen molar-refractivity contribution in [3.05, 3.63) is 70.8 Å². The molecule has 0 fully saturated rings. The fraction of sp³-hybridized carbons (Fsp3) is 0.158. The molecule has 136 valence electrons. The number of carbonyl (C=O) groups excluding carboxylic acids is 1. The van der Waals surface area contributed by atoms with Crippen LogP contribution in [0.1, 0.15) is 23.7 Å². The maximum atomic E-state index is 12.2. The molecule has 0 atom stereocenters. The highest BCUT2D eigenvalue weighted by Gasteiger charge is 2.12. The van der Waals surface area contributed by atoms with Crippen LogP contribution in [0.5, 0.6) is 0 Å². The Morgan fingerprint density at radius 1 is 1.15 bits per heavy atom. The van der Waals surface area contributed by atoms with E-state index in [1.165, 1.54) is 11.3 Å². The summed E-state index contributed by atoms with van der Waals surface area (Å²) in [5, 5.41) is 7.97. The van der Waals surface area contributed by atoms with E-state index in [9.17, 15) is 4.79 Å². The zero-order chi connectivity index (χ0) is 18.6. The van der Waals surface area contributed by atoms with Crippen molar-refractivity contribution >= 4 is 44.2 Å². The number of rotatable bonds is 6. The van der Waals surface area contributed by atoms with Gasteiger partial charge in [-0.15, -0.1) is 0 Å². The minimum Gasteiger partial charge on any atom is -0.339 e. The van der Waals surface area contributed by atoms with Crippen LogP contribution in [-0.2, 0) is 17.6 Å². The zero-order valence-corrected chi connectivity index (χ0v) is 15.8. The number of aromatic nitrogens is 3. The van der Waals surface area contributed by atoms with E-state index in [0.29, 0.717) is 34.7 Å². The number of nitrogens with zero attached hydrogens (tertiary/aromatic N) is 3. The van der Waals surface area contributed by atoms with Gasteiger partial charge < -0.3 is 9.84 Å².